The molecule has 126 valence electrons. The molecule has 3 aromatic rings. The smallest absolute Gasteiger partial charge is 0.284 e. The minimum atomic E-state index is -0.626. The number of aromatic nitrogens is 2. The summed E-state index contributed by atoms with van der Waals surface area (Å²) >= 11 is 0. The van der Waals surface area contributed by atoms with Crippen LogP contribution in [-0.4, -0.2) is 20.6 Å². The number of benzene rings is 2. The summed E-state index contributed by atoms with van der Waals surface area (Å²) in [6.45, 7) is 0.178. The highest BCUT2D eigenvalue weighted by Gasteiger charge is 2.22. The van der Waals surface area contributed by atoms with E-state index in [1.165, 1.54) is 18.2 Å². The maximum absolute atomic E-state index is 12.3. The van der Waals surface area contributed by atoms with E-state index in [2.05, 4.69) is 10.4 Å². The van der Waals surface area contributed by atoms with Gasteiger partial charge in [-0.25, -0.2) is 4.68 Å². The molecule has 1 heterocycles. The summed E-state index contributed by atoms with van der Waals surface area (Å²) in [5.41, 5.74) is 6.98. The fraction of sp³-hybridized carbons (Fsp3) is 0.0588. The lowest BCUT2D eigenvalue weighted by Crippen LogP contribution is -2.24. The number of carbonyl (C=O) groups is 1. The third-order valence-corrected chi connectivity index (χ3v) is 3.61. The molecule has 0 aliphatic heterocycles. The van der Waals surface area contributed by atoms with Gasteiger partial charge in [-0.3, -0.25) is 14.9 Å². The molecule has 3 N–H and O–H groups in total. The van der Waals surface area contributed by atoms with Gasteiger partial charge in [0.2, 0.25) is 0 Å². The van der Waals surface area contributed by atoms with Crippen LogP contribution in [0.2, 0.25) is 0 Å². The molecule has 0 atom stereocenters. The number of nitrogens with two attached hydrogens (primary N) is 1. The number of nitrogen functional groups attached to an aromatic ring is 1. The van der Waals surface area contributed by atoms with E-state index in [4.69, 9.17) is 5.73 Å². The minimum absolute atomic E-state index is 0.0617. The van der Waals surface area contributed by atoms with Crippen LogP contribution in [0.1, 0.15) is 15.9 Å². The number of nitro groups is 1. The molecule has 1 amide bonds. The molecule has 8 heteroatoms. The predicted molar refractivity (Wildman–Crippen MR) is 92.2 cm³/mol. The molecule has 0 saturated heterocycles. The first-order chi connectivity index (χ1) is 12.1. The molecular weight excluding hydrogens is 322 g/mol. The van der Waals surface area contributed by atoms with Gasteiger partial charge in [-0.2, -0.15) is 5.10 Å². The molecule has 1 aromatic heterocycles. The Morgan fingerprint density at radius 2 is 1.96 bits per heavy atom. The second-order valence-electron chi connectivity index (χ2n) is 5.31. The van der Waals surface area contributed by atoms with Gasteiger partial charge in [-0.15, -0.1) is 0 Å². The molecule has 8 nitrogen and oxygen atoms in total. The summed E-state index contributed by atoms with van der Waals surface area (Å²) in [7, 11) is 0. The molecule has 0 radical (unpaired) electrons. The number of amides is 1. The van der Waals surface area contributed by atoms with Crippen LogP contribution in [0.4, 0.5) is 11.4 Å². The second kappa shape index (κ2) is 6.83. The Balaban J connectivity index is 1.74. The number of anilines is 1. The summed E-state index contributed by atoms with van der Waals surface area (Å²) in [5, 5.41) is 17.9. The molecule has 0 fully saturated rings. The molecule has 25 heavy (non-hydrogen) atoms. The Morgan fingerprint density at radius 1 is 1.20 bits per heavy atom. The Bertz CT molecular complexity index is 921. The normalized spacial score (nSPS) is 10.4. The number of nitrogens with one attached hydrogen (secondary N) is 1. The molecule has 0 bridgehead atoms. The average molecular weight is 337 g/mol. The third kappa shape index (κ3) is 3.47. The maximum atomic E-state index is 12.3. The molecule has 0 unspecified atom stereocenters. The van der Waals surface area contributed by atoms with E-state index in [9.17, 15) is 14.9 Å². The van der Waals surface area contributed by atoms with Crippen molar-refractivity contribution in [1.29, 1.82) is 0 Å². The summed E-state index contributed by atoms with van der Waals surface area (Å²) in [6.07, 6.45) is 3.40. The van der Waals surface area contributed by atoms with Gasteiger partial charge in [0.25, 0.3) is 11.6 Å². The Kier molecular flexibility index (Phi) is 4.42. The fourth-order valence-electron chi connectivity index (χ4n) is 2.40. The number of rotatable bonds is 5. The third-order valence-electron chi connectivity index (χ3n) is 3.61. The van der Waals surface area contributed by atoms with E-state index in [0.29, 0.717) is 0 Å². The van der Waals surface area contributed by atoms with Crippen LogP contribution < -0.4 is 11.1 Å². The Labute approximate surface area is 143 Å². The van der Waals surface area contributed by atoms with E-state index < -0.39 is 10.8 Å². The molecular formula is C17H15N5O3. The van der Waals surface area contributed by atoms with Crippen molar-refractivity contribution in [2.24, 2.45) is 0 Å². The summed E-state index contributed by atoms with van der Waals surface area (Å²) in [6, 6.07) is 13.7. The van der Waals surface area contributed by atoms with Crippen molar-refractivity contribution in [3.63, 3.8) is 0 Å². The van der Waals surface area contributed by atoms with Crippen LogP contribution in [0.3, 0.4) is 0 Å². The summed E-state index contributed by atoms with van der Waals surface area (Å²) in [4.78, 5) is 22.8. The topological polar surface area (TPSA) is 116 Å². The lowest BCUT2D eigenvalue weighted by molar-refractivity contribution is -0.385. The van der Waals surface area contributed by atoms with Crippen molar-refractivity contribution in [2.45, 2.75) is 6.54 Å². The van der Waals surface area contributed by atoms with Crippen molar-refractivity contribution in [3.8, 4) is 5.69 Å². The van der Waals surface area contributed by atoms with Crippen molar-refractivity contribution >= 4 is 17.3 Å². The van der Waals surface area contributed by atoms with Crippen molar-refractivity contribution in [1.82, 2.24) is 15.1 Å². The largest absolute Gasteiger partial charge is 0.398 e. The van der Waals surface area contributed by atoms with Gasteiger partial charge in [0.05, 0.1) is 22.5 Å². The van der Waals surface area contributed by atoms with Gasteiger partial charge < -0.3 is 11.1 Å². The van der Waals surface area contributed by atoms with E-state index in [-0.39, 0.29) is 23.5 Å². The molecule has 0 aliphatic rings. The van der Waals surface area contributed by atoms with Gasteiger partial charge in [0, 0.05) is 24.4 Å². The van der Waals surface area contributed by atoms with Gasteiger partial charge in [0.1, 0.15) is 5.56 Å². The van der Waals surface area contributed by atoms with Crippen molar-refractivity contribution < 1.29 is 9.72 Å². The zero-order chi connectivity index (χ0) is 17.8. The van der Waals surface area contributed by atoms with E-state index in [1.54, 1.807) is 17.1 Å². The number of carbonyl (C=O) groups excluding carboxylic acids is 1. The standard InChI is InChI=1S/C17H15N5O3/c18-14-7-4-8-15(22(24)25)16(14)17(23)19-9-12-10-20-21(11-12)13-5-2-1-3-6-13/h1-8,10-11H,9,18H2,(H,19,23). The van der Waals surface area contributed by atoms with Gasteiger partial charge in [-0.1, -0.05) is 24.3 Å². The molecule has 2 aromatic carbocycles. The lowest BCUT2D eigenvalue weighted by Gasteiger charge is -2.07. The van der Waals surface area contributed by atoms with Crippen LogP contribution in [0.25, 0.3) is 5.69 Å². The van der Waals surface area contributed by atoms with Gasteiger partial charge in [-0.05, 0) is 18.2 Å². The van der Waals surface area contributed by atoms with E-state index in [1.807, 2.05) is 30.3 Å². The maximum Gasteiger partial charge on any atom is 0.284 e. The zero-order valence-corrected chi connectivity index (χ0v) is 13.1. The number of nitrogens with zero attached hydrogens (tertiary/aromatic N) is 3. The van der Waals surface area contributed by atoms with E-state index >= 15 is 0 Å². The highest BCUT2D eigenvalue weighted by atomic mass is 16.6. The molecule has 0 aliphatic carbocycles. The molecule has 0 saturated carbocycles. The second-order valence-corrected chi connectivity index (χ2v) is 5.31. The number of hydrogen-bond acceptors (Lipinski definition) is 5. The van der Waals surface area contributed by atoms with Gasteiger partial charge >= 0.3 is 0 Å². The number of para-hydroxylation sites is 1. The number of nitro benzene ring substituents is 1. The quantitative estimate of drug-likeness (QED) is 0.421. The molecule has 0 spiro atoms. The lowest BCUT2D eigenvalue weighted by atomic mass is 10.1. The van der Waals surface area contributed by atoms with Crippen LogP contribution in [0, 0.1) is 10.1 Å². The highest BCUT2D eigenvalue weighted by molar-refractivity contribution is 6.03. The highest BCUT2D eigenvalue weighted by Crippen LogP contribution is 2.24. The number of hydrogen-bond donors (Lipinski definition) is 2. The average Bonchev–Trinajstić information content (AvgIpc) is 3.09. The zero-order valence-electron chi connectivity index (χ0n) is 13.1. The van der Waals surface area contributed by atoms with Crippen LogP contribution in [-0.2, 0) is 6.54 Å². The summed E-state index contributed by atoms with van der Waals surface area (Å²) < 4.78 is 1.68. The predicted octanol–water partition coefficient (Wildman–Crippen LogP) is 2.29. The van der Waals surface area contributed by atoms with Crippen molar-refractivity contribution in [3.05, 3.63) is 82.2 Å². The monoisotopic (exact) mass is 337 g/mol. The SMILES string of the molecule is Nc1cccc([N+](=O)[O-])c1C(=O)NCc1cnn(-c2ccccc2)c1. The first-order valence-electron chi connectivity index (χ1n) is 7.46. The van der Waals surface area contributed by atoms with Crippen molar-refractivity contribution in [2.75, 3.05) is 5.73 Å². The fourth-order valence-corrected chi connectivity index (χ4v) is 2.40. The summed E-state index contributed by atoms with van der Waals surface area (Å²) in [5.74, 6) is -0.600. The van der Waals surface area contributed by atoms with Gasteiger partial charge in [0.15, 0.2) is 0 Å². The Hall–Kier alpha value is -3.68. The Morgan fingerprint density at radius 3 is 2.68 bits per heavy atom. The van der Waals surface area contributed by atoms with E-state index in [0.717, 1.165) is 11.3 Å². The van der Waals surface area contributed by atoms with Crippen LogP contribution in [0.5, 0.6) is 0 Å². The van der Waals surface area contributed by atoms with Crippen LogP contribution in [0.15, 0.2) is 60.9 Å². The minimum Gasteiger partial charge on any atom is -0.398 e. The first-order valence-corrected chi connectivity index (χ1v) is 7.46. The first kappa shape index (κ1) is 16.2. The molecule has 3 rings (SSSR count). The van der Waals surface area contributed by atoms with Crippen LogP contribution >= 0.6 is 0 Å².